The Hall–Kier alpha value is -1.84. The van der Waals surface area contributed by atoms with Gasteiger partial charge >= 0.3 is 0 Å². The minimum absolute atomic E-state index is 0.00652. The van der Waals surface area contributed by atoms with Gasteiger partial charge in [-0.15, -0.1) is 0 Å². The van der Waals surface area contributed by atoms with E-state index >= 15 is 0 Å². The molecule has 0 spiro atoms. The summed E-state index contributed by atoms with van der Waals surface area (Å²) in [6.07, 6.45) is 1.91. The van der Waals surface area contributed by atoms with E-state index in [1.165, 1.54) is 16.7 Å². The summed E-state index contributed by atoms with van der Waals surface area (Å²) < 4.78 is 0. The minimum atomic E-state index is -0.00652. The Kier molecular flexibility index (Phi) is 5.22. The fourth-order valence-electron chi connectivity index (χ4n) is 3.18. The number of halogens is 1. The Labute approximate surface area is 148 Å². The Morgan fingerprint density at radius 2 is 1.96 bits per heavy atom. The molecule has 0 unspecified atom stereocenters. The molecule has 0 bridgehead atoms. The van der Waals surface area contributed by atoms with E-state index in [4.69, 9.17) is 11.6 Å². The molecule has 0 aliphatic carbocycles. The molecule has 0 fully saturated rings. The van der Waals surface area contributed by atoms with Crippen LogP contribution in [0.25, 0.3) is 0 Å². The van der Waals surface area contributed by atoms with Crippen LogP contribution in [0.5, 0.6) is 0 Å². The molecule has 1 N–H and O–H groups in total. The summed E-state index contributed by atoms with van der Waals surface area (Å²) in [6.45, 7) is 3.62. The lowest BCUT2D eigenvalue weighted by atomic mass is 9.94. The number of nitrogens with zero attached hydrogens (tertiary/aromatic N) is 1. The summed E-state index contributed by atoms with van der Waals surface area (Å²) in [5.41, 5.74) is 4.57. The fraction of sp³-hybridized carbons (Fsp3) is 0.350. The number of rotatable bonds is 4. The van der Waals surface area contributed by atoms with Crippen LogP contribution >= 0.6 is 11.6 Å². The Bertz CT molecular complexity index is 727. The molecule has 1 amide bonds. The monoisotopic (exact) mass is 342 g/mol. The number of benzene rings is 2. The van der Waals surface area contributed by atoms with Crippen LogP contribution in [-0.4, -0.2) is 30.4 Å². The number of carbonyl (C=O) groups excluding carboxylic acids is 1. The average Bonchev–Trinajstić information content (AvgIpc) is 2.59. The molecule has 1 atom stereocenters. The first kappa shape index (κ1) is 17.0. The van der Waals surface area contributed by atoms with Gasteiger partial charge in [0.15, 0.2) is 0 Å². The number of likely N-dealkylation sites (N-methyl/N-ethyl adjacent to an activating group) is 1. The molecular weight excluding hydrogens is 320 g/mol. The summed E-state index contributed by atoms with van der Waals surface area (Å²) in [6, 6.07) is 14.2. The maximum atomic E-state index is 12.3. The summed E-state index contributed by atoms with van der Waals surface area (Å²) in [4.78, 5) is 14.6. The number of fused-ring (bicyclic) bond motifs is 1. The fourth-order valence-corrected chi connectivity index (χ4v) is 3.38. The molecule has 2 aromatic rings. The molecule has 24 heavy (non-hydrogen) atoms. The van der Waals surface area contributed by atoms with Crippen molar-refractivity contribution in [3.63, 3.8) is 0 Å². The van der Waals surface area contributed by atoms with Crippen molar-refractivity contribution in [2.75, 3.05) is 13.6 Å². The van der Waals surface area contributed by atoms with Gasteiger partial charge in [0.05, 0.1) is 0 Å². The molecule has 0 saturated carbocycles. The van der Waals surface area contributed by atoms with Crippen LogP contribution in [0.2, 0.25) is 5.02 Å². The molecule has 126 valence electrons. The molecule has 3 nitrogen and oxygen atoms in total. The summed E-state index contributed by atoms with van der Waals surface area (Å²) >= 11 is 6.08. The van der Waals surface area contributed by atoms with E-state index in [0.29, 0.717) is 12.6 Å². The molecule has 3 rings (SSSR count). The first-order valence-corrected chi connectivity index (χ1v) is 8.79. The first-order chi connectivity index (χ1) is 11.6. The van der Waals surface area contributed by atoms with Gasteiger partial charge in [-0.05, 0) is 60.8 Å². The van der Waals surface area contributed by atoms with Crippen LogP contribution in [0.1, 0.15) is 34.0 Å². The van der Waals surface area contributed by atoms with Gasteiger partial charge in [0, 0.05) is 29.7 Å². The summed E-state index contributed by atoms with van der Waals surface area (Å²) in [7, 11) is 2.09. The standard InChI is InChI=1S/C20H23ClN2O/c1-3-14-4-6-15(7-5-14)20(24)22-12-19-11-16-8-9-18(21)10-17(16)13-23(19)2/h4-10,19H,3,11-13H2,1-2H3,(H,22,24)/t19-/m1/s1. The van der Waals surface area contributed by atoms with E-state index in [9.17, 15) is 4.79 Å². The second-order valence-corrected chi connectivity index (χ2v) is 6.88. The maximum Gasteiger partial charge on any atom is 0.251 e. The second-order valence-electron chi connectivity index (χ2n) is 6.45. The van der Waals surface area contributed by atoms with Crippen LogP contribution in [0, 0.1) is 0 Å². The number of nitrogens with one attached hydrogen (secondary N) is 1. The SMILES string of the molecule is CCc1ccc(C(=O)NC[C@H]2Cc3ccc(Cl)cc3CN2C)cc1. The second kappa shape index (κ2) is 7.37. The van der Waals surface area contributed by atoms with Crippen molar-refractivity contribution in [1.29, 1.82) is 0 Å². The van der Waals surface area contributed by atoms with Crippen molar-refractivity contribution >= 4 is 17.5 Å². The van der Waals surface area contributed by atoms with E-state index in [2.05, 4.69) is 30.3 Å². The molecule has 1 aliphatic heterocycles. The number of aryl methyl sites for hydroxylation is 1. The predicted octanol–water partition coefficient (Wildman–Crippen LogP) is 3.69. The van der Waals surface area contributed by atoms with Gasteiger partial charge in [-0.2, -0.15) is 0 Å². The van der Waals surface area contributed by atoms with Gasteiger partial charge in [0.2, 0.25) is 0 Å². The first-order valence-electron chi connectivity index (χ1n) is 8.41. The van der Waals surface area contributed by atoms with Crippen LogP contribution < -0.4 is 5.32 Å². The predicted molar refractivity (Wildman–Crippen MR) is 98.6 cm³/mol. The largest absolute Gasteiger partial charge is 0.350 e. The van der Waals surface area contributed by atoms with E-state index in [-0.39, 0.29) is 5.91 Å². The van der Waals surface area contributed by atoms with Crippen LogP contribution in [0.4, 0.5) is 0 Å². The number of hydrogen-bond donors (Lipinski definition) is 1. The molecule has 0 saturated heterocycles. The van der Waals surface area contributed by atoms with E-state index in [1.54, 1.807) is 0 Å². The Balaban J connectivity index is 1.61. The van der Waals surface area contributed by atoms with Crippen molar-refractivity contribution < 1.29 is 4.79 Å². The van der Waals surface area contributed by atoms with Gasteiger partial charge in [-0.1, -0.05) is 36.7 Å². The highest BCUT2D eigenvalue weighted by Gasteiger charge is 2.23. The smallest absolute Gasteiger partial charge is 0.251 e. The van der Waals surface area contributed by atoms with Gasteiger partial charge in [-0.25, -0.2) is 0 Å². The topological polar surface area (TPSA) is 32.3 Å². The van der Waals surface area contributed by atoms with Crippen LogP contribution in [-0.2, 0) is 19.4 Å². The molecule has 0 radical (unpaired) electrons. The lowest BCUT2D eigenvalue weighted by Crippen LogP contribution is -2.45. The highest BCUT2D eigenvalue weighted by molar-refractivity contribution is 6.30. The molecule has 4 heteroatoms. The third-order valence-corrected chi connectivity index (χ3v) is 5.02. The van der Waals surface area contributed by atoms with Crippen LogP contribution in [0.15, 0.2) is 42.5 Å². The highest BCUT2D eigenvalue weighted by atomic mass is 35.5. The third-order valence-electron chi connectivity index (χ3n) is 4.79. The van der Waals surface area contributed by atoms with Gasteiger partial charge in [0.1, 0.15) is 0 Å². The third kappa shape index (κ3) is 3.80. The number of carbonyl (C=O) groups is 1. The van der Waals surface area contributed by atoms with Gasteiger partial charge in [-0.3, -0.25) is 9.69 Å². The lowest BCUT2D eigenvalue weighted by Gasteiger charge is -2.34. The van der Waals surface area contributed by atoms with Crippen molar-refractivity contribution in [3.05, 3.63) is 69.7 Å². The Morgan fingerprint density at radius 1 is 1.21 bits per heavy atom. The maximum absolute atomic E-state index is 12.3. The summed E-state index contributed by atoms with van der Waals surface area (Å²) in [5, 5.41) is 3.85. The zero-order valence-electron chi connectivity index (χ0n) is 14.2. The molecular formula is C20H23ClN2O. The van der Waals surface area contributed by atoms with E-state index in [1.807, 2.05) is 36.4 Å². The van der Waals surface area contributed by atoms with Crippen molar-refractivity contribution in [2.24, 2.45) is 0 Å². The lowest BCUT2D eigenvalue weighted by molar-refractivity contribution is 0.0934. The van der Waals surface area contributed by atoms with Gasteiger partial charge < -0.3 is 5.32 Å². The van der Waals surface area contributed by atoms with Crippen molar-refractivity contribution in [1.82, 2.24) is 10.2 Å². The number of hydrogen-bond acceptors (Lipinski definition) is 2. The number of amides is 1. The van der Waals surface area contributed by atoms with Gasteiger partial charge in [0.25, 0.3) is 5.91 Å². The van der Waals surface area contributed by atoms with Crippen molar-refractivity contribution in [3.8, 4) is 0 Å². The van der Waals surface area contributed by atoms with Crippen LogP contribution in [0.3, 0.4) is 0 Å². The molecule has 2 aromatic carbocycles. The molecule has 1 heterocycles. The zero-order chi connectivity index (χ0) is 17.1. The molecule has 0 aromatic heterocycles. The molecule has 1 aliphatic rings. The zero-order valence-corrected chi connectivity index (χ0v) is 14.9. The quantitative estimate of drug-likeness (QED) is 0.919. The van der Waals surface area contributed by atoms with E-state index in [0.717, 1.165) is 30.0 Å². The Morgan fingerprint density at radius 3 is 2.67 bits per heavy atom. The normalized spacial score (nSPS) is 17.4. The van der Waals surface area contributed by atoms with E-state index < -0.39 is 0 Å². The highest BCUT2D eigenvalue weighted by Crippen LogP contribution is 2.24. The average molecular weight is 343 g/mol. The van der Waals surface area contributed by atoms with Crippen molar-refractivity contribution in [2.45, 2.75) is 32.4 Å². The minimum Gasteiger partial charge on any atom is -0.350 e. The summed E-state index contributed by atoms with van der Waals surface area (Å²) in [5.74, 6) is -0.00652.